The monoisotopic (exact) mass is 357 g/mol. The summed E-state index contributed by atoms with van der Waals surface area (Å²) in [4.78, 5) is 11.2. The van der Waals surface area contributed by atoms with Crippen molar-refractivity contribution >= 4 is 11.3 Å². The second-order valence-electron chi connectivity index (χ2n) is 5.47. The van der Waals surface area contributed by atoms with Crippen molar-refractivity contribution in [1.82, 2.24) is 0 Å². The Morgan fingerprint density at radius 1 is 1.08 bits per heavy atom. The van der Waals surface area contributed by atoms with Crippen LogP contribution in [0.4, 0.5) is 5.69 Å². The van der Waals surface area contributed by atoms with E-state index in [1.54, 1.807) is 19.2 Å². The third kappa shape index (κ3) is 4.83. The summed E-state index contributed by atoms with van der Waals surface area (Å²) in [6.07, 6.45) is 2.62. The Kier molecular flexibility index (Phi) is 7.17. The molecule has 0 saturated carbocycles. The van der Waals surface area contributed by atoms with Gasteiger partial charge in [-0.25, -0.2) is 0 Å². The molecule has 6 nitrogen and oxygen atoms in total. The number of nitrogens with zero attached hydrogens (tertiary/aromatic N) is 1. The number of benzene rings is 2. The van der Waals surface area contributed by atoms with E-state index in [-0.39, 0.29) is 5.69 Å². The van der Waals surface area contributed by atoms with Crippen LogP contribution in [0.1, 0.15) is 24.5 Å². The van der Waals surface area contributed by atoms with Crippen LogP contribution in [-0.2, 0) is 4.74 Å². The van der Waals surface area contributed by atoms with Crippen LogP contribution in [0.15, 0.2) is 48.5 Å². The molecule has 2 rings (SSSR count). The molecule has 0 N–H and O–H groups in total. The molecule has 0 radical (unpaired) electrons. The summed E-state index contributed by atoms with van der Waals surface area (Å²) in [6.45, 7) is 3.12. The maximum absolute atomic E-state index is 11.6. The molecule has 0 heterocycles. The lowest BCUT2D eigenvalue weighted by Gasteiger charge is -2.11. The van der Waals surface area contributed by atoms with Crippen LogP contribution in [-0.4, -0.2) is 32.4 Å². The highest BCUT2D eigenvalue weighted by atomic mass is 16.6. The van der Waals surface area contributed by atoms with Crippen molar-refractivity contribution in [2.75, 3.05) is 27.4 Å². The van der Waals surface area contributed by atoms with E-state index < -0.39 is 4.92 Å². The first-order valence-electron chi connectivity index (χ1n) is 8.35. The highest BCUT2D eigenvalue weighted by Crippen LogP contribution is 2.34. The van der Waals surface area contributed by atoms with Gasteiger partial charge in [0.1, 0.15) is 11.5 Å². The minimum atomic E-state index is -0.391. The lowest BCUT2D eigenvalue weighted by Crippen LogP contribution is -1.99. The number of hydrogen-bond acceptors (Lipinski definition) is 5. The Morgan fingerprint density at radius 2 is 1.73 bits per heavy atom. The molecule has 2 aromatic carbocycles. The van der Waals surface area contributed by atoms with Crippen molar-refractivity contribution in [3.63, 3.8) is 0 Å². The molecule has 2 aromatic rings. The molecule has 0 fully saturated rings. The van der Waals surface area contributed by atoms with E-state index in [2.05, 4.69) is 0 Å². The molecule has 0 aliphatic carbocycles. The molecule has 0 amide bonds. The molecule has 26 heavy (non-hydrogen) atoms. The SMILES string of the molecule is CCOCC/C=C(/c1ccc(OC)cc1)c1ccc(OC)cc1[N+](=O)[O-]. The first-order chi connectivity index (χ1) is 12.6. The molecule has 0 atom stereocenters. The Morgan fingerprint density at radius 3 is 2.31 bits per heavy atom. The fraction of sp³-hybridized carbons (Fsp3) is 0.300. The zero-order chi connectivity index (χ0) is 18.9. The van der Waals surface area contributed by atoms with E-state index in [1.807, 2.05) is 37.3 Å². The lowest BCUT2D eigenvalue weighted by atomic mass is 9.95. The van der Waals surface area contributed by atoms with Crippen LogP contribution < -0.4 is 9.47 Å². The molecule has 0 aliphatic rings. The summed E-state index contributed by atoms with van der Waals surface area (Å²) in [6, 6.07) is 12.3. The van der Waals surface area contributed by atoms with Crippen molar-refractivity contribution in [2.45, 2.75) is 13.3 Å². The molecule has 0 aromatic heterocycles. The van der Waals surface area contributed by atoms with Gasteiger partial charge in [-0.3, -0.25) is 10.1 Å². The standard InChI is InChI=1S/C20H23NO5/c1-4-26-13-5-6-18(15-7-9-16(24-2)10-8-15)19-12-11-17(25-3)14-20(19)21(22)23/h6-12,14H,4-5,13H2,1-3H3/b18-6-. The second kappa shape index (κ2) is 9.58. The minimum Gasteiger partial charge on any atom is -0.497 e. The minimum absolute atomic E-state index is 0.00262. The van der Waals surface area contributed by atoms with E-state index in [1.165, 1.54) is 13.2 Å². The Hall–Kier alpha value is -2.86. The van der Waals surface area contributed by atoms with E-state index in [0.717, 1.165) is 16.9 Å². The number of ether oxygens (including phenoxy) is 3. The summed E-state index contributed by atoms with van der Waals surface area (Å²) in [5.74, 6) is 1.18. The van der Waals surface area contributed by atoms with Crippen LogP contribution in [0.25, 0.3) is 5.57 Å². The summed E-state index contributed by atoms with van der Waals surface area (Å²) in [5, 5.41) is 11.6. The van der Waals surface area contributed by atoms with Crippen molar-refractivity contribution in [1.29, 1.82) is 0 Å². The van der Waals surface area contributed by atoms with Gasteiger partial charge < -0.3 is 14.2 Å². The van der Waals surface area contributed by atoms with Crippen molar-refractivity contribution in [3.8, 4) is 11.5 Å². The maximum Gasteiger partial charge on any atom is 0.280 e. The zero-order valence-corrected chi connectivity index (χ0v) is 15.2. The smallest absolute Gasteiger partial charge is 0.280 e. The van der Waals surface area contributed by atoms with E-state index in [9.17, 15) is 10.1 Å². The van der Waals surface area contributed by atoms with Gasteiger partial charge in [-0.05, 0) is 48.7 Å². The first kappa shape index (κ1) is 19.5. The van der Waals surface area contributed by atoms with Gasteiger partial charge in [-0.15, -0.1) is 0 Å². The number of nitro benzene ring substituents is 1. The van der Waals surface area contributed by atoms with E-state index in [4.69, 9.17) is 14.2 Å². The summed E-state index contributed by atoms with van der Waals surface area (Å²) < 4.78 is 15.7. The van der Waals surface area contributed by atoms with Crippen molar-refractivity contribution < 1.29 is 19.1 Å². The summed E-state index contributed by atoms with van der Waals surface area (Å²) >= 11 is 0. The van der Waals surface area contributed by atoms with Crippen LogP contribution in [0.2, 0.25) is 0 Å². The average molecular weight is 357 g/mol. The van der Waals surface area contributed by atoms with Crippen molar-refractivity contribution in [2.24, 2.45) is 0 Å². The predicted molar refractivity (Wildman–Crippen MR) is 101 cm³/mol. The molecular formula is C20H23NO5. The molecule has 0 spiro atoms. The molecule has 138 valence electrons. The molecular weight excluding hydrogens is 334 g/mol. The first-order valence-corrected chi connectivity index (χ1v) is 8.35. The fourth-order valence-corrected chi connectivity index (χ4v) is 2.60. The highest BCUT2D eigenvalue weighted by Gasteiger charge is 2.19. The van der Waals surface area contributed by atoms with Gasteiger partial charge in [-0.1, -0.05) is 18.2 Å². The summed E-state index contributed by atoms with van der Waals surface area (Å²) in [7, 11) is 3.09. The van der Waals surface area contributed by atoms with Crippen LogP contribution in [0, 0.1) is 10.1 Å². The van der Waals surface area contributed by atoms with Gasteiger partial charge in [0.15, 0.2) is 0 Å². The highest BCUT2D eigenvalue weighted by molar-refractivity contribution is 5.84. The number of methoxy groups -OCH3 is 2. The van der Waals surface area contributed by atoms with Crippen LogP contribution in [0.3, 0.4) is 0 Å². The number of nitro groups is 1. The van der Waals surface area contributed by atoms with Gasteiger partial charge in [-0.2, -0.15) is 0 Å². The Balaban J connectivity index is 2.50. The average Bonchev–Trinajstić information content (AvgIpc) is 2.68. The van der Waals surface area contributed by atoms with Gasteiger partial charge in [0.2, 0.25) is 0 Å². The topological polar surface area (TPSA) is 70.8 Å². The number of rotatable bonds is 9. The van der Waals surface area contributed by atoms with Gasteiger partial charge in [0.05, 0.1) is 37.4 Å². The van der Waals surface area contributed by atoms with Crippen LogP contribution >= 0.6 is 0 Å². The largest absolute Gasteiger partial charge is 0.497 e. The predicted octanol–water partition coefficient (Wildman–Crippen LogP) is 4.47. The summed E-state index contributed by atoms with van der Waals surface area (Å²) in [5.41, 5.74) is 2.19. The normalized spacial score (nSPS) is 11.3. The molecule has 0 bridgehead atoms. The van der Waals surface area contributed by atoms with Crippen molar-refractivity contribution in [3.05, 3.63) is 69.8 Å². The lowest BCUT2D eigenvalue weighted by molar-refractivity contribution is -0.385. The Labute approximate surface area is 153 Å². The third-order valence-corrected chi connectivity index (χ3v) is 3.91. The zero-order valence-electron chi connectivity index (χ0n) is 15.2. The van der Waals surface area contributed by atoms with Gasteiger partial charge in [0, 0.05) is 6.61 Å². The van der Waals surface area contributed by atoms with Gasteiger partial charge >= 0.3 is 0 Å². The molecule has 0 saturated heterocycles. The Bertz CT molecular complexity index is 768. The number of hydrogen-bond donors (Lipinski definition) is 0. The molecule has 6 heteroatoms. The quantitative estimate of drug-likeness (QED) is 0.376. The fourth-order valence-electron chi connectivity index (χ4n) is 2.60. The van der Waals surface area contributed by atoms with Crippen LogP contribution in [0.5, 0.6) is 11.5 Å². The molecule has 0 unspecified atom stereocenters. The third-order valence-electron chi connectivity index (χ3n) is 3.91. The van der Waals surface area contributed by atoms with Gasteiger partial charge in [0.25, 0.3) is 5.69 Å². The van der Waals surface area contributed by atoms with E-state index in [0.29, 0.717) is 30.9 Å². The second-order valence-corrected chi connectivity index (χ2v) is 5.47. The van der Waals surface area contributed by atoms with E-state index >= 15 is 0 Å². The maximum atomic E-state index is 11.6. The molecule has 0 aliphatic heterocycles.